The number of fused-ring (bicyclic) bond motifs is 1. The van der Waals surface area contributed by atoms with E-state index in [0.717, 1.165) is 16.9 Å². The summed E-state index contributed by atoms with van der Waals surface area (Å²) >= 11 is 1.12. The third kappa shape index (κ3) is 3.53. The average molecular weight is 431 g/mol. The molecule has 9 heteroatoms. The number of esters is 1. The smallest absolute Gasteiger partial charge is 0.343 e. The fourth-order valence-corrected chi connectivity index (χ4v) is 4.59. The Labute approximate surface area is 180 Å². The van der Waals surface area contributed by atoms with Crippen LogP contribution < -0.4 is 20.5 Å². The quantitative estimate of drug-likeness (QED) is 0.599. The molecule has 1 aliphatic rings. The number of rotatable bonds is 4. The molecule has 1 aliphatic heterocycles. The van der Waals surface area contributed by atoms with Gasteiger partial charge in [-0.2, -0.15) is 5.26 Å². The maximum absolute atomic E-state index is 13.5. The van der Waals surface area contributed by atoms with Gasteiger partial charge in [-0.1, -0.05) is 12.1 Å². The lowest BCUT2D eigenvalue weighted by atomic mass is 9.94. The van der Waals surface area contributed by atoms with Gasteiger partial charge in [-0.3, -0.25) is 19.3 Å². The zero-order valence-electron chi connectivity index (χ0n) is 16.5. The zero-order chi connectivity index (χ0) is 22.0. The number of ether oxygens (including phenoxy) is 1. The Morgan fingerprint density at radius 2 is 2.06 bits per heavy atom. The molecule has 154 valence electrons. The highest BCUT2D eigenvalue weighted by Crippen LogP contribution is 2.30. The summed E-state index contributed by atoms with van der Waals surface area (Å²) in [5, 5.41) is 9.88. The molecule has 0 saturated heterocycles. The maximum Gasteiger partial charge on any atom is 0.343 e. The average Bonchev–Trinajstić information content (AvgIpc) is 3.09. The van der Waals surface area contributed by atoms with E-state index in [1.54, 1.807) is 56.0 Å². The first-order valence-electron chi connectivity index (χ1n) is 9.41. The Morgan fingerprint density at radius 3 is 2.68 bits per heavy atom. The van der Waals surface area contributed by atoms with E-state index in [0.29, 0.717) is 14.8 Å². The SMILES string of the molecule is CCOC(=O)C1=c2sc(=Cc3cccnc3)c(=O)n2C(c2cccnc2)C(C#N)=C1N. The van der Waals surface area contributed by atoms with E-state index < -0.39 is 12.0 Å². The van der Waals surface area contributed by atoms with Gasteiger partial charge in [0.05, 0.1) is 28.5 Å². The molecule has 4 heterocycles. The van der Waals surface area contributed by atoms with Crippen LogP contribution in [0.25, 0.3) is 11.6 Å². The molecule has 0 aromatic carbocycles. The molecule has 3 aromatic rings. The monoisotopic (exact) mass is 431 g/mol. The Bertz CT molecular complexity index is 1400. The van der Waals surface area contributed by atoms with Gasteiger partial charge < -0.3 is 10.5 Å². The largest absolute Gasteiger partial charge is 0.462 e. The lowest BCUT2D eigenvalue weighted by Crippen LogP contribution is -2.41. The van der Waals surface area contributed by atoms with E-state index in [-0.39, 0.29) is 29.0 Å². The minimum atomic E-state index is -0.799. The standard InChI is InChI=1S/C22H17N5O3S/c1-2-30-22(29)17-18(24)15(10-23)19(14-6-4-8-26-12-14)27-20(28)16(31-21(17)27)9-13-5-3-7-25-11-13/h3-9,11-12,19H,2,24H2,1H3. The van der Waals surface area contributed by atoms with Crippen LogP contribution in [-0.2, 0) is 9.53 Å². The number of nitrogens with two attached hydrogens (primary N) is 1. The van der Waals surface area contributed by atoms with E-state index in [2.05, 4.69) is 16.0 Å². The highest BCUT2D eigenvalue weighted by molar-refractivity contribution is 7.07. The van der Waals surface area contributed by atoms with Gasteiger partial charge in [0.15, 0.2) is 0 Å². The first-order valence-corrected chi connectivity index (χ1v) is 10.2. The molecular weight excluding hydrogens is 414 g/mol. The second-order valence-corrected chi connectivity index (χ2v) is 7.63. The molecule has 3 aromatic heterocycles. The van der Waals surface area contributed by atoms with Gasteiger partial charge in [-0.25, -0.2) is 4.79 Å². The van der Waals surface area contributed by atoms with Gasteiger partial charge in [0.1, 0.15) is 16.3 Å². The summed E-state index contributed by atoms with van der Waals surface area (Å²) in [6.45, 7) is 1.81. The summed E-state index contributed by atoms with van der Waals surface area (Å²) in [5.41, 5.74) is 7.40. The van der Waals surface area contributed by atoms with E-state index in [4.69, 9.17) is 10.5 Å². The van der Waals surface area contributed by atoms with E-state index in [9.17, 15) is 14.9 Å². The lowest BCUT2D eigenvalue weighted by molar-refractivity contribution is -0.136. The van der Waals surface area contributed by atoms with Crippen molar-refractivity contribution >= 4 is 29.0 Å². The first kappa shape index (κ1) is 20.3. The number of nitriles is 1. The van der Waals surface area contributed by atoms with E-state index in [1.807, 2.05) is 6.07 Å². The molecule has 4 rings (SSSR count). The normalized spacial score (nSPS) is 16.1. The summed E-state index contributed by atoms with van der Waals surface area (Å²) in [7, 11) is 0. The van der Waals surface area contributed by atoms with Crippen LogP contribution in [0.4, 0.5) is 0 Å². The Hall–Kier alpha value is -4.03. The number of hydrogen-bond donors (Lipinski definition) is 1. The summed E-state index contributed by atoms with van der Waals surface area (Å²) in [6.07, 6.45) is 8.13. The number of carbonyl (C=O) groups excluding carboxylic acids is 1. The second-order valence-electron chi connectivity index (χ2n) is 6.60. The van der Waals surface area contributed by atoms with Crippen LogP contribution in [0.2, 0.25) is 0 Å². The summed E-state index contributed by atoms with van der Waals surface area (Å²) in [6, 6.07) is 8.33. The van der Waals surface area contributed by atoms with Crippen LogP contribution in [0.15, 0.2) is 65.1 Å². The van der Waals surface area contributed by atoms with Gasteiger partial charge in [0.2, 0.25) is 0 Å². The van der Waals surface area contributed by atoms with Crippen molar-refractivity contribution in [3.05, 3.63) is 91.0 Å². The highest BCUT2D eigenvalue weighted by atomic mass is 32.1. The molecule has 2 N–H and O–H groups in total. The second kappa shape index (κ2) is 8.38. The molecule has 1 atom stereocenters. The maximum atomic E-state index is 13.5. The number of allylic oxidation sites excluding steroid dienone is 1. The van der Waals surface area contributed by atoms with Gasteiger partial charge in [0, 0.05) is 24.8 Å². The predicted octanol–water partition coefficient (Wildman–Crippen LogP) is 0.582. The zero-order valence-corrected chi connectivity index (χ0v) is 17.3. The number of pyridine rings is 2. The van der Waals surface area contributed by atoms with Crippen molar-refractivity contribution in [3.63, 3.8) is 0 Å². The third-order valence-electron chi connectivity index (χ3n) is 4.74. The molecular formula is C22H17N5O3S. The van der Waals surface area contributed by atoms with Crippen molar-refractivity contribution in [1.82, 2.24) is 14.5 Å². The fourth-order valence-electron chi connectivity index (χ4n) is 3.42. The molecule has 0 bridgehead atoms. The van der Waals surface area contributed by atoms with Gasteiger partial charge in [0.25, 0.3) is 5.56 Å². The first-order chi connectivity index (χ1) is 15.1. The Balaban J connectivity index is 2.10. The van der Waals surface area contributed by atoms with Crippen molar-refractivity contribution in [2.75, 3.05) is 6.61 Å². The lowest BCUT2D eigenvalue weighted by Gasteiger charge is -2.24. The van der Waals surface area contributed by atoms with Crippen molar-refractivity contribution in [2.24, 2.45) is 5.73 Å². The number of nitrogens with zero attached hydrogens (tertiary/aromatic N) is 4. The van der Waals surface area contributed by atoms with E-state index in [1.165, 1.54) is 4.57 Å². The van der Waals surface area contributed by atoms with Crippen LogP contribution in [0, 0.1) is 11.3 Å². The molecule has 0 fully saturated rings. The molecule has 31 heavy (non-hydrogen) atoms. The summed E-state index contributed by atoms with van der Waals surface area (Å²) in [4.78, 5) is 34.4. The highest BCUT2D eigenvalue weighted by Gasteiger charge is 2.34. The van der Waals surface area contributed by atoms with Crippen LogP contribution in [0.3, 0.4) is 0 Å². The number of carbonyl (C=O) groups is 1. The molecule has 0 amide bonds. The topological polar surface area (TPSA) is 124 Å². The molecule has 0 aliphatic carbocycles. The third-order valence-corrected chi connectivity index (χ3v) is 5.85. The molecule has 1 unspecified atom stereocenters. The Kier molecular flexibility index (Phi) is 5.47. The Morgan fingerprint density at radius 1 is 1.32 bits per heavy atom. The van der Waals surface area contributed by atoms with E-state index >= 15 is 0 Å². The number of aromatic nitrogens is 3. The van der Waals surface area contributed by atoms with Crippen molar-refractivity contribution in [2.45, 2.75) is 13.0 Å². The fraction of sp³-hybridized carbons (Fsp3) is 0.136. The molecule has 0 spiro atoms. The minimum absolute atomic E-state index is 0.00369. The van der Waals surface area contributed by atoms with Crippen LogP contribution >= 0.6 is 11.3 Å². The van der Waals surface area contributed by atoms with Gasteiger partial charge in [-0.15, -0.1) is 11.3 Å². The van der Waals surface area contributed by atoms with Gasteiger partial charge >= 0.3 is 5.97 Å². The minimum Gasteiger partial charge on any atom is -0.462 e. The van der Waals surface area contributed by atoms with Crippen molar-refractivity contribution < 1.29 is 9.53 Å². The summed E-state index contributed by atoms with van der Waals surface area (Å²) < 4.78 is 7.31. The molecule has 8 nitrogen and oxygen atoms in total. The predicted molar refractivity (Wildman–Crippen MR) is 115 cm³/mol. The van der Waals surface area contributed by atoms with Gasteiger partial charge in [-0.05, 0) is 36.3 Å². The molecule has 0 saturated carbocycles. The number of thiazole rings is 1. The van der Waals surface area contributed by atoms with Crippen molar-refractivity contribution in [1.29, 1.82) is 5.26 Å². The van der Waals surface area contributed by atoms with Crippen molar-refractivity contribution in [3.8, 4) is 6.07 Å². The summed E-state index contributed by atoms with van der Waals surface area (Å²) in [5.74, 6) is -0.680. The molecule has 0 radical (unpaired) electrons. The van der Waals surface area contributed by atoms with Crippen LogP contribution in [0.5, 0.6) is 0 Å². The van der Waals surface area contributed by atoms with Crippen LogP contribution in [0.1, 0.15) is 24.1 Å². The van der Waals surface area contributed by atoms with Crippen LogP contribution in [-0.4, -0.2) is 27.1 Å². The number of hydrogen-bond acceptors (Lipinski definition) is 8.